The van der Waals surface area contributed by atoms with E-state index in [-0.39, 0.29) is 18.3 Å². The molecule has 1 aromatic heterocycles. The second-order valence-electron chi connectivity index (χ2n) is 7.56. The van der Waals surface area contributed by atoms with Crippen LogP contribution in [-0.4, -0.2) is 71.1 Å². The molecule has 1 saturated heterocycles. The minimum absolute atomic E-state index is 0.143. The molecule has 0 spiro atoms. The molecule has 168 valence electrons. The molecule has 4 rings (SSSR count). The lowest BCUT2D eigenvalue weighted by molar-refractivity contribution is 0.0733. The molecular weight excluding hydrogens is 410 g/mol. The normalized spacial score (nSPS) is 14.8. The van der Waals surface area contributed by atoms with Crippen molar-refractivity contribution in [1.82, 2.24) is 19.7 Å². The van der Waals surface area contributed by atoms with Gasteiger partial charge in [-0.3, -0.25) is 4.79 Å². The van der Waals surface area contributed by atoms with Crippen molar-refractivity contribution < 1.29 is 19.4 Å². The smallest absolute Gasteiger partial charge is 0.293 e. The molecular formula is C23H27N5O4. The van der Waals surface area contributed by atoms with Gasteiger partial charge in [-0.15, -0.1) is 5.10 Å². The van der Waals surface area contributed by atoms with Gasteiger partial charge in [-0.25, -0.2) is 9.67 Å². The van der Waals surface area contributed by atoms with Crippen molar-refractivity contribution in [2.45, 2.75) is 12.6 Å². The van der Waals surface area contributed by atoms with Gasteiger partial charge in [0.1, 0.15) is 17.8 Å². The Balaban J connectivity index is 1.32. The zero-order valence-corrected chi connectivity index (χ0v) is 18.2. The molecule has 1 aliphatic heterocycles. The molecule has 0 radical (unpaired) electrons. The number of nitrogens with zero attached hydrogens (tertiary/aromatic N) is 5. The van der Waals surface area contributed by atoms with Gasteiger partial charge in [0.05, 0.1) is 26.9 Å². The maximum absolute atomic E-state index is 12.8. The SMILES string of the molecule is COc1ccc([C@H](O)Cn2cnc(C(=O)N3CCN(c4ccc(OC)cc4)CC3)n2)cc1. The Morgan fingerprint density at radius 3 is 2.16 bits per heavy atom. The zero-order valence-electron chi connectivity index (χ0n) is 18.2. The molecule has 1 aliphatic rings. The highest BCUT2D eigenvalue weighted by atomic mass is 16.5. The maximum Gasteiger partial charge on any atom is 0.293 e. The summed E-state index contributed by atoms with van der Waals surface area (Å²) in [7, 11) is 3.24. The summed E-state index contributed by atoms with van der Waals surface area (Å²) in [4.78, 5) is 21.0. The topological polar surface area (TPSA) is 92.9 Å². The van der Waals surface area contributed by atoms with Crippen molar-refractivity contribution >= 4 is 11.6 Å². The Labute approximate surface area is 186 Å². The molecule has 2 heterocycles. The van der Waals surface area contributed by atoms with E-state index in [9.17, 15) is 9.90 Å². The third-order valence-electron chi connectivity index (χ3n) is 5.59. The second-order valence-corrected chi connectivity index (χ2v) is 7.56. The number of methoxy groups -OCH3 is 2. The summed E-state index contributed by atoms with van der Waals surface area (Å²) in [5.74, 6) is 1.49. The fraction of sp³-hybridized carbons (Fsp3) is 0.348. The molecule has 2 aromatic carbocycles. The van der Waals surface area contributed by atoms with Crippen molar-refractivity contribution in [1.29, 1.82) is 0 Å². The lowest BCUT2D eigenvalue weighted by Crippen LogP contribution is -2.49. The largest absolute Gasteiger partial charge is 0.497 e. The predicted molar refractivity (Wildman–Crippen MR) is 119 cm³/mol. The lowest BCUT2D eigenvalue weighted by Gasteiger charge is -2.35. The summed E-state index contributed by atoms with van der Waals surface area (Å²) >= 11 is 0. The number of aliphatic hydroxyl groups excluding tert-OH is 1. The minimum atomic E-state index is -0.765. The van der Waals surface area contributed by atoms with Gasteiger partial charge in [-0.1, -0.05) is 12.1 Å². The quantitative estimate of drug-likeness (QED) is 0.604. The van der Waals surface area contributed by atoms with Crippen LogP contribution in [0.15, 0.2) is 54.9 Å². The van der Waals surface area contributed by atoms with Gasteiger partial charge in [0, 0.05) is 31.9 Å². The van der Waals surface area contributed by atoms with Crippen molar-refractivity contribution in [3.05, 3.63) is 66.2 Å². The standard InChI is InChI=1S/C23H27N5O4/c1-31-19-7-3-17(4-8-19)21(29)15-28-16-24-22(25-28)23(30)27-13-11-26(12-14-27)18-5-9-20(32-2)10-6-18/h3-10,16,21,29H,11-15H2,1-2H3/t21-/m1/s1. The first-order chi connectivity index (χ1) is 15.6. The van der Waals surface area contributed by atoms with E-state index in [4.69, 9.17) is 9.47 Å². The number of hydrogen-bond donors (Lipinski definition) is 1. The number of aliphatic hydroxyl groups is 1. The van der Waals surface area contributed by atoms with Gasteiger partial charge in [0.25, 0.3) is 5.91 Å². The van der Waals surface area contributed by atoms with Crippen LogP contribution in [0.4, 0.5) is 5.69 Å². The van der Waals surface area contributed by atoms with Crippen LogP contribution < -0.4 is 14.4 Å². The molecule has 1 amide bonds. The van der Waals surface area contributed by atoms with Crippen molar-refractivity contribution in [3.63, 3.8) is 0 Å². The average Bonchev–Trinajstić information content (AvgIpc) is 3.32. The first kappa shape index (κ1) is 21.6. The van der Waals surface area contributed by atoms with Gasteiger partial charge in [0.15, 0.2) is 0 Å². The third-order valence-corrected chi connectivity index (χ3v) is 5.59. The van der Waals surface area contributed by atoms with Gasteiger partial charge in [0.2, 0.25) is 5.82 Å². The molecule has 32 heavy (non-hydrogen) atoms. The molecule has 0 bridgehead atoms. The summed E-state index contributed by atoms with van der Waals surface area (Å²) in [6.07, 6.45) is 0.715. The average molecular weight is 438 g/mol. The highest BCUT2D eigenvalue weighted by Crippen LogP contribution is 2.21. The number of hydrogen-bond acceptors (Lipinski definition) is 7. The Kier molecular flexibility index (Phi) is 6.55. The van der Waals surface area contributed by atoms with E-state index in [0.29, 0.717) is 13.1 Å². The number of aromatic nitrogens is 3. The fourth-order valence-electron chi connectivity index (χ4n) is 3.69. The molecule has 1 fully saturated rings. The van der Waals surface area contributed by atoms with E-state index in [1.165, 1.54) is 11.0 Å². The molecule has 9 heteroatoms. The number of piperazine rings is 1. The first-order valence-electron chi connectivity index (χ1n) is 10.5. The summed E-state index contributed by atoms with van der Waals surface area (Å²) in [6, 6.07) is 15.1. The fourth-order valence-corrected chi connectivity index (χ4v) is 3.69. The number of carbonyl (C=O) groups excluding carboxylic acids is 1. The number of rotatable bonds is 7. The number of carbonyl (C=O) groups is 1. The van der Waals surface area contributed by atoms with Crippen molar-refractivity contribution in [2.24, 2.45) is 0 Å². The monoisotopic (exact) mass is 437 g/mol. The van der Waals surface area contributed by atoms with Crippen LogP contribution in [0.1, 0.15) is 22.3 Å². The molecule has 0 unspecified atom stereocenters. The Hall–Kier alpha value is -3.59. The van der Waals surface area contributed by atoms with E-state index in [2.05, 4.69) is 15.0 Å². The number of amides is 1. The molecule has 3 aromatic rings. The minimum Gasteiger partial charge on any atom is -0.497 e. The molecule has 1 N–H and O–H groups in total. The van der Waals surface area contributed by atoms with E-state index in [0.717, 1.165) is 35.8 Å². The van der Waals surface area contributed by atoms with Crippen LogP contribution in [0, 0.1) is 0 Å². The van der Waals surface area contributed by atoms with Gasteiger partial charge in [-0.2, -0.15) is 0 Å². The number of ether oxygens (including phenoxy) is 2. The Morgan fingerprint density at radius 2 is 1.56 bits per heavy atom. The summed E-state index contributed by atoms with van der Waals surface area (Å²) < 4.78 is 11.8. The van der Waals surface area contributed by atoms with E-state index < -0.39 is 6.10 Å². The van der Waals surface area contributed by atoms with Crippen molar-refractivity contribution in [3.8, 4) is 11.5 Å². The summed E-state index contributed by atoms with van der Waals surface area (Å²) in [6.45, 7) is 2.85. The molecule has 0 aliphatic carbocycles. The van der Waals surface area contributed by atoms with Gasteiger partial charge in [-0.05, 0) is 42.0 Å². The van der Waals surface area contributed by atoms with E-state index in [1.807, 2.05) is 24.3 Å². The molecule has 0 saturated carbocycles. The second kappa shape index (κ2) is 9.69. The van der Waals surface area contributed by atoms with Gasteiger partial charge < -0.3 is 24.4 Å². The van der Waals surface area contributed by atoms with Crippen LogP contribution in [-0.2, 0) is 6.54 Å². The number of benzene rings is 2. The van der Waals surface area contributed by atoms with Gasteiger partial charge >= 0.3 is 0 Å². The van der Waals surface area contributed by atoms with Crippen LogP contribution >= 0.6 is 0 Å². The predicted octanol–water partition coefficient (Wildman–Crippen LogP) is 1.99. The third kappa shape index (κ3) is 4.83. The van der Waals surface area contributed by atoms with E-state index in [1.54, 1.807) is 43.4 Å². The summed E-state index contributed by atoms with van der Waals surface area (Å²) in [5, 5.41) is 14.7. The number of anilines is 1. The Bertz CT molecular complexity index is 1030. The van der Waals surface area contributed by atoms with Crippen molar-refractivity contribution in [2.75, 3.05) is 45.3 Å². The Morgan fingerprint density at radius 1 is 0.969 bits per heavy atom. The highest BCUT2D eigenvalue weighted by molar-refractivity contribution is 5.90. The van der Waals surface area contributed by atoms with Crippen LogP contribution in [0.2, 0.25) is 0 Å². The van der Waals surface area contributed by atoms with Crippen LogP contribution in [0.3, 0.4) is 0 Å². The lowest BCUT2D eigenvalue weighted by atomic mass is 10.1. The zero-order chi connectivity index (χ0) is 22.5. The van der Waals surface area contributed by atoms with E-state index >= 15 is 0 Å². The first-order valence-corrected chi connectivity index (χ1v) is 10.5. The maximum atomic E-state index is 12.8. The van der Waals surface area contributed by atoms with Crippen LogP contribution in [0.5, 0.6) is 11.5 Å². The summed E-state index contributed by atoms with van der Waals surface area (Å²) in [5.41, 5.74) is 1.84. The molecule has 1 atom stereocenters. The molecule has 9 nitrogen and oxygen atoms in total. The highest BCUT2D eigenvalue weighted by Gasteiger charge is 2.25. The van der Waals surface area contributed by atoms with Crippen LogP contribution in [0.25, 0.3) is 0 Å².